The van der Waals surface area contributed by atoms with E-state index in [-0.39, 0.29) is 12.1 Å². The molecule has 0 bridgehead atoms. The van der Waals surface area contributed by atoms with E-state index in [9.17, 15) is 0 Å². The van der Waals surface area contributed by atoms with Crippen molar-refractivity contribution in [3.05, 3.63) is 75.2 Å². The van der Waals surface area contributed by atoms with Gasteiger partial charge >= 0.3 is 0 Å². The van der Waals surface area contributed by atoms with Gasteiger partial charge in [-0.25, -0.2) is 0 Å². The molecule has 1 aliphatic heterocycles. The van der Waals surface area contributed by atoms with Crippen molar-refractivity contribution in [3.63, 3.8) is 0 Å². The van der Waals surface area contributed by atoms with Gasteiger partial charge in [0.15, 0.2) is 5.11 Å². The lowest BCUT2D eigenvalue weighted by atomic mass is 10.0. The first-order chi connectivity index (χ1) is 13.0. The summed E-state index contributed by atoms with van der Waals surface area (Å²) in [6, 6.07) is 16.7. The van der Waals surface area contributed by atoms with Crippen LogP contribution in [0.25, 0.3) is 0 Å². The predicted octanol–water partition coefficient (Wildman–Crippen LogP) is 5.15. The zero-order valence-electron chi connectivity index (χ0n) is 15.0. The fourth-order valence-electron chi connectivity index (χ4n) is 3.32. The summed E-state index contributed by atoms with van der Waals surface area (Å²) in [5.41, 5.74) is 3.22. The van der Waals surface area contributed by atoms with Crippen LogP contribution in [0.2, 0.25) is 0 Å². The topological polar surface area (TPSA) is 31.4 Å². The number of aromatic nitrogens is 1. The number of pyridine rings is 1. The Hall–Kier alpha value is -1.96. The summed E-state index contributed by atoms with van der Waals surface area (Å²) in [7, 11) is 4.08. The van der Waals surface area contributed by atoms with Crippen molar-refractivity contribution in [2.45, 2.75) is 12.1 Å². The fraction of sp³-hybridized carbons (Fsp3) is 0.200. The molecule has 0 amide bonds. The van der Waals surface area contributed by atoms with E-state index < -0.39 is 0 Å². The number of thiophene rings is 1. The molecule has 3 heterocycles. The van der Waals surface area contributed by atoms with E-state index in [1.807, 2.05) is 32.4 Å². The van der Waals surface area contributed by atoms with E-state index in [1.54, 1.807) is 11.3 Å². The van der Waals surface area contributed by atoms with Gasteiger partial charge in [0.25, 0.3) is 0 Å². The second kappa shape index (κ2) is 7.58. The van der Waals surface area contributed by atoms with Gasteiger partial charge in [0.1, 0.15) is 0 Å². The normalized spacial score (nSPS) is 19.2. The first-order valence-electron chi connectivity index (χ1n) is 8.56. The zero-order chi connectivity index (χ0) is 19.0. The van der Waals surface area contributed by atoms with E-state index >= 15 is 0 Å². The van der Waals surface area contributed by atoms with Crippen LogP contribution < -0.4 is 15.1 Å². The summed E-state index contributed by atoms with van der Waals surface area (Å²) in [4.78, 5) is 10.1. The van der Waals surface area contributed by atoms with Gasteiger partial charge in [0, 0.05) is 46.4 Å². The van der Waals surface area contributed by atoms with E-state index in [1.165, 1.54) is 4.88 Å². The third kappa shape index (κ3) is 3.59. The van der Waals surface area contributed by atoms with Gasteiger partial charge in [-0.2, -0.15) is 0 Å². The second-order valence-corrected chi connectivity index (χ2v) is 8.82. The lowest BCUT2D eigenvalue weighted by molar-refractivity contribution is 0.575. The average Bonchev–Trinajstić information content (AvgIpc) is 3.25. The third-order valence-electron chi connectivity index (χ3n) is 4.62. The number of thiocarbonyl (C=S) groups is 1. The van der Waals surface area contributed by atoms with Crippen molar-refractivity contribution >= 4 is 56.0 Å². The Morgan fingerprint density at radius 3 is 2.56 bits per heavy atom. The molecule has 0 aliphatic carbocycles. The summed E-state index contributed by atoms with van der Waals surface area (Å²) in [6.07, 6.45) is 1.83. The molecule has 7 heteroatoms. The average molecular weight is 459 g/mol. The zero-order valence-corrected chi connectivity index (χ0v) is 18.2. The molecule has 0 spiro atoms. The molecule has 138 valence electrons. The molecule has 1 saturated heterocycles. The number of rotatable bonds is 4. The lowest BCUT2D eigenvalue weighted by Gasteiger charge is -2.27. The number of hydrogen-bond acceptors (Lipinski definition) is 4. The third-order valence-corrected chi connectivity index (χ3v) is 6.70. The highest BCUT2D eigenvalue weighted by atomic mass is 79.9. The monoisotopic (exact) mass is 458 g/mol. The molecule has 2 aromatic heterocycles. The van der Waals surface area contributed by atoms with Crippen molar-refractivity contribution in [1.29, 1.82) is 0 Å². The van der Waals surface area contributed by atoms with Gasteiger partial charge in [-0.05, 0) is 70.6 Å². The van der Waals surface area contributed by atoms with Crippen LogP contribution >= 0.6 is 39.5 Å². The van der Waals surface area contributed by atoms with Gasteiger partial charge in [-0.15, -0.1) is 11.3 Å². The Morgan fingerprint density at radius 2 is 1.96 bits per heavy atom. The van der Waals surface area contributed by atoms with Crippen LogP contribution in [-0.4, -0.2) is 24.2 Å². The molecule has 1 aromatic carbocycles. The molecule has 0 saturated carbocycles. The Balaban J connectivity index is 1.78. The van der Waals surface area contributed by atoms with Crippen molar-refractivity contribution in [2.24, 2.45) is 0 Å². The standard InChI is InChI=1S/C20H19BrN4S2/c1-24(2)14-6-8-15(9-7-14)25-19(17-11-13(21)12-27-17)18(23-20(25)26)16-5-3-4-10-22-16/h3-12,18-19H,1-2H3,(H,23,26)/t18-,19+/m1/s1. The number of hydrogen-bond donors (Lipinski definition) is 1. The number of halogens is 1. The molecule has 0 radical (unpaired) electrons. The molecule has 4 rings (SSSR count). The van der Waals surface area contributed by atoms with Crippen molar-refractivity contribution in [1.82, 2.24) is 10.3 Å². The number of anilines is 2. The number of benzene rings is 1. The molecule has 1 fully saturated rings. The largest absolute Gasteiger partial charge is 0.378 e. The highest BCUT2D eigenvalue weighted by Gasteiger charge is 2.41. The van der Waals surface area contributed by atoms with Crippen molar-refractivity contribution in [2.75, 3.05) is 23.9 Å². The molecular weight excluding hydrogens is 440 g/mol. The maximum atomic E-state index is 5.74. The van der Waals surface area contributed by atoms with E-state index in [0.717, 1.165) is 26.7 Å². The minimum Gasteiger partial charge on any atom is -0.378 e. The number of nitrogens with one attached hydrogen (secondary N) is 1. The van der Waals surface area contributed by atoms with Gasteiger partial charge in [-0.3, -0.25) is 4.98 Å². The van der Waals surface area contributed by atoms with Gasteiger partial charge in [0.2, 0.25) is 0 Å². The minimum absolute atomic E-state index is 0.00206. The van der Waals surface area contributed by atoms with Crippen LogP contribution in [-0.2, 0) is 0 Å². The van der Waals surface area contributed by atoms with Gasteiger partial charge < -0.3 is 15.1 Å². The first-order valence-corrected chi connectivity index (χ1v) is 10.6. The molecular formula is C20H19BrN4S2. The van der Waals surface area contributed by atoms with Gasteiger partial charge in [-0.1, -0.05) is 6.07 Å². The van der Waals surface area contributed by atoms with Crippen molar-refractivity contribution < 1.29 is 0 Å². The molecule has 0 unspecified atom stereocenters. The smallest absolute Gasteiger partial charge is 0.174 e. The summed E-state index contributed by atoms with van der Waals surface area (Å²) < 4.78 is 1.09. The summed E-state index contributed by atoms with van der Waals surface area (Å²) in [6.45, 7) is 0. The van der Waals surface area contributed by atoms with E-state index in [2.05, 4.69) is 77.8 Å². The summed E-state index contributed by atoms with van der Waals surface area (Å²) in [5.74, 6) is 0. The second-order valence-electron chi connectivity index (χ2n) is 6.57. The van der Waals surface area contributed by atoms with E-state index in [4.69, 9.17) is 12.2 Å². The highest BCUT2D eigenvalue weighted by Crippen LogP contribution is 2.44. The maximum Gasteiger partial charge on any atom is 0.174 e. The molecule has 3 aromatic rings. The molecule has 2 atom stereocenters. The predicted molar refractivity (Wildman–Crippen MR) is 121 cm³/mol. The van der Waals surface area contributed by atoms with Crippen LogP contribution in [0.15, 0.2) is 64.6 Å². The summed E-state index contributed by atoms with van der Waals surface area (Å²) in [5, 5.41) is 6.32. The van der Waals surface area contributed by atoms with Crippen LogP contribution in [0, 0.1) is 0 Å². The quantitative estimate of drug-likeness (QED) is 0.546. The Morgan fingerprint density at radius 1 is 1.19 bits per heavy atom. The van der Waals surface area contributed by atoms with Gasteiger partial charge in [0.05, 0.1) is 17.8 Å². The molecule has 1 N–H and O–H groups in total. The first kappa shape index (κ1) is 18.4. The summed E-state index contributed by atoms with van der Waals surface area (Å²) >= 11 is 11.1. The maximum absolute atomic E-state index is 5.74. The Bertz CT molecular complexity index is 940. The molecule has 1 aliphatic rings. The van der Waals surface area contributed by atoms with Crippen LogP contribution in [0.5, 0.6) is 0 Å². The lowest BCUT2D eigenvalue weighted by Crippen LogP contribution is -2.29. The van der Waals surface area contributed by atoms with Crippen molar-refractivity contribution in [3.8, 4) is 0 Å². The van der Waals surface area contributed by atoms with Crippen LogP contribution in [0.3, 0.4) is 0 Å². The Kier molecular flexibility index (Phi) is 5.16. The number of nitrogens with zero attached hydrogens (tertiary/aromatic N) is 3. The van der Waals surface area contributed by atoms with Crippen LogP contribution in [0.4, 0.5) is 11.4 Å². The fourth-order valence-corrected chi connectivity index (χ4v) is 5.23. The Labute approximate surface area is 177 Å². The molecule has 27 heavy (non-hydrogen) atoms. The van der Waals surface area contributed by atoms with E-state index in [0.29, 0.717) is 0 Å². The minimum atomic E-state index is -0.00206. The van der Waals surface area contributed by atoms with Crippen LogP contribution in [0.1, 0.15) is 22.7 Å². The highest BCUT2D eigenvalue weighted by molar-refractivity contribution is 9.10. The molecule has 4 nitrogen and oxygen atoms in total. The SMILES string of the molecule is CN(C)c1ccc(N2C(=S)N[C@H](c3ccccn3)[C@@H]2c2cc(Br)cs2)cc1.